The Hall–Kier alpha value is -1.81. The van der Waals surface area contributed by atoms with Gasteiger partial charge in [-0.2, -0.15) is 0 Å². The van der Waals surface area contributed by atoms with E-state index in [9.17, 15) is 22.8 Å². The van der Waals surface area contributed by atoms with Gasteiger partial charge in [0.25, 0.3) is 5.91 Å². The molecule has 2 rings (SSSR count). The van der Waals surface area contributed by atoms with Gasteiger partial charge in [-0.25, -0.2) is 22.5 Å². The van der Waals surface area contributed by atoms with E-state index in [1.807, 2.05) is 5.32 Å². The number of hydrogen-bond acceptors (Lipinski definition) is 6. The summed E-state index contributed by atoms with van der Waals surface area (Å²) in [6, 6.07) is -0.877. The maximum atomic E-state index is 12.4. The average molecular weight is 331 g/mol. The molecule has 1 N–H and O–H groups in total. The molecular formula is C12H17N3O6S. The second-order valence-corrected chi connectivity index (χ2v) is 7.02. The maximum Gasteiger partial charge on any atom is 0.347 e. The van der Waals surface area contributed by atoms with Crippen LogP contribution in [0.15, 0.2) is 4.99 Å². The first kappa shape index (κ1) is 16.6. The molecule has 0 radical (unpaired) electrons. The van der Waals surface area contributed by atoms with Crippen LogP contribution in [-0.4, -0.2) is 61.8 Å². The summed E-state index contributed by atoms with van der Waals surface area (Å²) in [7, 11) is -3.95. The normalized spacial score (nSPS) is 24.1. The number of esters is 1. The number of rotatable bonds is 4. The number of piperidine rings is 1. The highest BCUT2D eigenvalue weighted by atomic mass is 32.2. The third-order valence-corrected chi connectivity index (χ3v) is 5.63. The minimum atomic E-state index is -3.95. The van der Waals surface area contributed by atoms with E-state index in [2.05, 4.69) is 4.99 Å². The van der Waals surface area contributed by atoms with Gasteiger partial charge < -0.3 is 4.74 Å². The average Bonchev–Trinajstić information content (AvgIpc) is 2.47. The predicted molar refractivity (Wildman–Crippen MR) is 75.7 cm³/mol. The van der Waals surface area contributed by atoms with Crippen LogP contribution in [0.2, 0.25) is 0 Å². The Morgan fingerprint density at radius 3 is 2.59 bits per heavy atom. The lowest BCUT2D eigenvalue weighted by Gasteiger charge is -2.31. The van der Waals surface area contributed by atoms with Crippen molar-refractivity contribution < 1.29 is 27.5 Å². The second-order valence-electron chi connectivity index (χ2n) is 4.96. The summed E-state index contributed by atoms with van der Waals surface area (Å²) in [6.45, 7) is 2.23. The largest absolute Gasteiger partial charge is 0.466 e. The fraction of sp³-hybridized carbons (Fsp3) is 0.667. The van der Waals surface area contributed by atoms with Crippen molar-refractivity contribution in [1.29, 1.82) is 0 Å². The SMILES string of the molecule is CCOC(=O)C1CCN(S(=O)(=O)C2C=NC(=O)NC2=O)CC1. The Bertz CT molecular complexity index is 606. The molecule has 10 heteroatoms. The van der Waals surface area contributed by atoms with Crippen LogP contribution in [-0.2, 0) is 24.3 Å². The molecule has 1 saturated heterocycles. The first-order valence-electron chi connectivity index (χ1n) is 6.91. The van der Waals surface area contributed by atoms with Crippen molar-refractivity contribution in [3.63, 3.8) is 0 Å². The van der Waals surface area contributed by atoms with Gasteiger partial charge in [-0.1, -0.05) is 0 Å². The lowest BCUT2D eigenvalue weighted by Crippen LogP contribution is -2.53. The molecular weight excluding hydrogens is 314 g/mol. The summed E-state index contributed by atoms with van der Waals surface area (Å²) >= 11 is 0. The molecule has 1 atom stereocenters. The molecule has 1 fully saturated rings. The number of carbonyl (C=O) groups is 3. The van der Waals surface area contributed by atoms with Crippen LogP contribution in [0.5, 0.6) is 0 Å². The molecule has 0 bridgehead atoms. The number of urea groups is 1. The first-order chi connectivity index (χ1) is 10.4. The molecule has 22 heavy (non-hydrogen) atoms. The summed E-state index contributed by atoms with van der Waals surface area (Å²) in [4.78, 5) is 37.5. The van der Waals surface area contributed by atoms with E-state index in [-0.39, 0.29) is 31.6 Å². The third kappa shape index (κ3) is 3.33. The van der Waals surface area contributed by atoms with E-state index < -0.39 is 27.2 Å². The number of imide groups is 1. The number of hydrogen-bond donors (Lipinski definition) is 1. The minimum absolute atomic E-state index is 0.122. The highest BCUT2D eigenvalue weighted by molar-refractivity contribution is 7.91. The number of ether oxygens (including phenoxy) is 1. The molecule has 122 valence electrons. The van der Waals surface area contributed by atoms with Crippen molar-refractivity contribution in [1.82, 2.24) is 9.62 Å². The van der Waals surface area contributed by atoms with Crippen molar-refractivity contribution in [2.45, 2.75) is 25.0 Å². The molecule has 9 nitrogen and oxygen atoms in total. The molecule has 2 aliphatic rings. The second kappa shape index (κ2) is 6.53. The van der Waals surface area contributed by atoms with E-state index >= 15 is 0 Å². The van der Waals surface area contributed by atoms with Crippen LogP contribution in [0.25, 0.3) is 0 Å². The van der Waals surface area contributed by atoms with Crippen molar-refractivity contribution in [3.05, 3.63) is 0 Å². The monoisotopic (exact) mass is 331 g/mol. The Kier molecular flexibility index (Phi) is 4.91. The van der Waals surface area contributed by atoms with Crippen molar-refractivity contribution >= 4 is 34.1 Å². The molecule has 0 aromatic carbocycles. The number of sulfonamides is 1. The van der Waals surface area contributed by atoms with Crippen LogP contribution in [0.4, 0.5) is 4.79 Å². The van der Waals surface area contributed by atoms with Crippen molar-refractivity contribution in [2.24, 2.45) is 10.9 Å². The van der Waals surface area contributed by atoms with E-state index in [1.54, 1.807) is 6.92 Å². The number of nitrogens with one attached hydrogen (secondary N) is 1. The predicted octanol–water partition coefficient (Wildman–Crippen LogP) is -0.719. The first-order valence-corrected chi connectivity index (χ1v) is 8.41. The quantitative estimate of drug-likeness (QED) is 0.678. The highest BCUT2D eigenvalue weighted by Gasteiger charge is 2.41. The Morgan fingerprint density at radius 2 is 2.05 bits per heavy atom. The van der Waals surface area contributed by atoms with E-state index in [4.69, 9.17) is 4.74 Å². The van der Waals surface area contributed by atoms with Gasteiger partial charge in [-0.05, 0) is 19.8 Å². The Balaban J connectivity index is 2.04. The third-order valence-electron chi connectivity index (χ3n) is 3.57. The molecule has 0 saturated carbocycles. The van der Waals surface area contributed by atoms with Gasteiger partial charge in [0, 0.05) is 19.3 Å². The molecule has 0 spiro atoms. The number of nitrogens with zero attached hydrogens (tertiary/aromatic N) is 2. The zero-order chi connectivity index (χ0) is 16.3. The lowest BCUT2D eigenvalue weighted by molar-refractivity contribution is -0.149. The van der Waals surface area contributed by atoms with Crippen LogP contribution in [0.3, 0.4) is 0 Å². The smallest absolute Gasteiger partial charge is 0.347 e. The summed E-state index contributed by atoms with van der Waals surface area (Å²) < 4.78 is 30.9. The van der Waals surface area contributed by atoms with Crippen LogP contribution < -0.4 is 5.32 Å². The topological polar surface area (TPSA) is 122 Å². The minimum Gasteiger partial charge on any atom is -0.466 e. The van der Waals surface area contributed by atoms with Crippen LogP contribution >= 0.6 is 0 Å². The fourth-order valence-corrected chi connectivity index (χ4v) is 3.98. The number of carbonyl (C=O) groups excluding carboxylic acids is 3. The van der Waals surface area contributed by atoms with Gasteiger partial charge >= 0.3 is 12.0 Å². The molecule has 3 amide bonds. The summed E-state index contributed by atoms with van der Waals surface area (Å²) in [5.74, 6) is -1.57. The number of aliphatic imine (C=N–C) groups is 1. The van der Waals surface area contributed by atoms with Gasteiger partial charge in [-0.15, -0.1) is 0 Å². The van der Waals surface area contributed by atoms with E-state index in [0.717, 1.165) is 10.5 Å². The van der Waals surface area contributed by atoms with Gasteiger partial charge in [0.1, 0.15) is 0 Å². The van der Waals surface area contributed by atoms with Crippen molar-refractivity contribution in [2.75, 3.05) is 19.7 Å². The Labute approximate surface area is 127 Å². The highest BCUT2D eigenvalue weighted by Crippen LogP contribution is 2.23. The molecule has 1 unspecified atom stereocenters. The maximum absolute atomic E-state index is 12.4. The van der Waals surface area contributed by atoms with Crippen LogP contribution in [0.1, 0.15) is 19.8 Å². The fourth-order valence-electron chi connectivity index (χ4n) is 2.39. The van der Waals surface area contributed by atoms with E-state index in [1.165, 1.54) is 0 Å². The van der Waals surface area contributed by atoms with Crippen molar-refractivity contribution in [3.8, 4) is 0 Å². The molecule has 0 aromatic heterocycles. The standard InChI is InChI=1S/C12H17N3O6S/c1-2-21-11(17)8-3-5-15(6-4-8)22(19,20)9-7-13-12(18)14-10(9)16/h7-9H,2-6H2,1H3,(H,14,16,18). The Morgan fingerprint density at radius 1 is 1.41 bits per heavy atom. The molecule has 2 heterocycles. The van der Waals surface area contributed by atoms with Gasteiger partial charge in [0.05, 0.1) is 12.5 Å². The van der Waals surface area contributed by atoms with Gasteiger partial charge in [0.15, 0.2) is 5.25 Å². The number of amides is 3. The van der Waals surface area contributed by atoms with Gasteiger partial charge in [0.2, 0.25) is 10.0 Å². The van der Waals surface area contributed by atoms with E-state index in [0.29, 0.717) is 12.8 Å². The lowest BCUT2D eigenvalue weighted by atomic mass is 9.98. The summed E-state index contributed by atoms with van der Waals surface area (Å²) in [5.41, 5.74) is 0. The molecule has 0 aliphatic carbocycles. The zero-order valence-corrected chi connectivity index (χ0v) is 12.8. The van der Waals surface area contributed by atoms with Gasteiger partial charge in [-0.3, -0.25) is 14.9 Å². The zero-order valence-electron chi connectivity index (χ0n) is 12.0. The summed E-state index contributed by atoms with van der Waals surface area (Å²) in [5, 5.41) is 0.353. The molecule has 0 aromatic rings. The summed E-state index contributed by atoms with van der Waals surface area (Å²) in [6.07, 6.45) is 1.51. The van der Waals surface area contributed by atoms with Crippen LogP contribution in [0, 0.1) is 5.92 Å². The molecule has 2 aliphatic heterocycles.